The van der Waals surface area contributed by atoms with E-state index in [0.717, 1.165) is 30.7 Å². The number of carbonyl (C=O) groups is 2. The van der Waals surface area contributed by atoms with E-state index in [0.29, 0.717) is 24.9 Å². The fraction of sp³-hybridized carbons (Fsp3) is 0.406. The first-order valence-corrected chi connectivity index (χ1v) is 14.8. The number of pyridine rings is 1. The highest BCUT2D eigenvalue weighted by Crippen LogP contribution is 2.56. The van der Waals surface area contributed by atoms with E-state index < -0.39 is 46.6 Å². The van der Waals surface area contributed by atoms with Gasteiger partial charge in [-0.05, 0) is 31.2 Å². The summed E-state index contributed by atoms with van der Waals surface area (Å²) in [6.07, 6.45) is 3.90. The van der Waals surface area contributed by atoms with Gasteiger partial charge in [-0.1, -0.05) is 48.9 Å². The van der Waals surface area contributed by atoms with Crippen LogP contribution in [0.5, 0.6) is 11.6 Å². The number of amides is 1. The molecule has 4 N–H and O–H groups in total. The average molecular weight is 630 g/mol. The van der Waals surface area contributed by atoms with Crippen LogP contribution in [-0.2, 0) is 15.1 Å². The zero-order valence-electron chi connectivity index (χ0n) is 24.4. The number of rotatable bonds is 10. The number of fused-ring (bicyclic) bond motifs is 1. The summed E-state index contributed by atoms with van der Waals surface area (Å²) in [5.41, 5.74) is 4.94. The number of benzene rings is 2. The summed E-state index contributed by atoms with van der Waals surface area (Å²) in [6.45, 7) is 1.49. The highest BCUT2D eigenvalue weighted by molar-refractivity contribution is 6.34. The average Bonchev–Trinajstić information content (AvgIpc) is 3.31. The molecule has 1 aromatic heterocycles. The van der Waals surface area contributed by atoms with Crippen molar-refractivity contribution in [1.29, 1.82) is 0 Å². The number of ether oxygens (including phenoxy) is 3. The van der Waals surface area contributed by atoms with Crippen LogP contribution in [0.4, 0.5) is 8.78 Å². The molecule has 9 nitrogen and oxygen atoms in total. The lowest BCUT2D eigenvalue weighted by Crippen LogP contribution is -2.48. The summed E-state index contributed by atoms with van der Waals surface area (Å²) in [7, 11) is 1.39. The van der Waals surface area contributed by atoms with Gasteiger partial charge in [-0.25, -0.2) is 13.8 Å². The maximum absolute atomic E-state index is 16.1. The van der Waals surface area contributed by atoms with Gasteiger partial charge in [0.05, 0.1) is 30.2 Å². The van der Waals surface area contributed by atoms with Crippen LogP contribution >= 0.6 is 11.6 Å². The number of halogens is 3. The number of carbonyl (C=O) groups excluding carboxylic acids is 2. The van der Waals surface area contributed by atoms with Gasteiger partial charge >= 0.3 is 5.97 Å². The number of nitrogens with zero attached hydrogens (tertiary/aromatic N) is 1. The zero-order chi connectivity index (χ0) is 31.6. The van der Waals surface area contributed by atoms with Gasteiger partial charge in [0, 0.05) is 47.5 Å². The second kappa shape index (κ2) is 13.1. The van der Waals surface area contributed by atoms with E-state index in [1.54, 1.807) is 0 Å². The van der Waals surface area contributed by atoms with Crippen LogP contribution < -0.4 is 20.5 Å². The summed E-state index contributed by atoms with van der Waals surface area (Å²) >= 11 is 6.57. The molecule has 1 saturated carbocycles. The Bertz CT molecular complexity index is 1550. The molecule has 1 amide bonds. The molecule has 5 rings (SSSR count). The van der Waals surface area contributed by atoms with Gasteiger partial charge in [0.1, 0.15) is 18.2 Å². The lowest BCUT2D eigenvalue weighted by atomic mass is 9.77. The summed E-state index contributed by atoms with van der Waals surface area (Å²) in [5.74, 6) is -4.20. The Morgan fingerprint density at radius 1 is 1.18 bits per heavy atom. The molecule has 0 bridgehead atoms. The minimum atomic E-state index is -1.08. The summed E-state index contributed by atoms with van der Waals surface area (Å²) in [5, 5.41) is 12.4. The van der Waals surface area contributed by atoms with E-state index in [1.165, 1.54) is 7.11 Å². The molecule has 0 radical (unpaired) electrons. The van der Waals surface area contributed by atoms with Gasteiger partial charge in [-0.15, -0.1) is 0 Å². The molecule has 12 heteroatoms. The lowest BCUT2D eigenvalue weighted by molar-refractivity contribution is -0.146. The molecule has 0 saturated heterocycles. The highest BCUT2D eigenvalue weighted by atomic mass is 35.5. The number of aromatic nitrogens is 1. The van der Waals surface area contributed by atoms with Gasteiger partial charge in [0.25, 0.3) is 11.8 Å². The molecule has 0 spiro atoms. The molecule has 1 aliphatic carbocycles. The molecule has 1 aliphatic heterocycles. The van der Waals surface area contributed by atoms with E-state index in [2.05, 4.69) is 10.3 Å². The first-order chi connectivity index (χ1) is 21.1. The molecular weight excluding hydrogens is 596 g/mol. The predicted octanol–water partition coefficient (Wildman–Crippen LogP) is 4.86. The quantitative estimate of drug-likeness (QED) is 0.271. The van der Waals surface area contributed by atoms with Crippen LogP contribution in [0.1, 0.15) is 60.0 Å². The van der Waals surface area contributed by atoms with E-state index in [9.17, 15) is 14.7 Å². The van der Waals surface area contributed by atoms with Gasteiger partial charge < -0.3 is 30.4 Å². The van der Waals surface area contributed by atoms with Crippen LogP contribution in [0.2, 0.25) is 5.02 Å². The van der Waals surface area contributed by atoms with Crippen LogP contribution in [0.25, 0.3) is 11.1 Å². The fourth-order valence-electron chi connectivity index (χ4n) is 6.35. The number of nitrogens with one attached hydrogen (secondary N) is 1. The fourth-order valence-corrected chi connectivity index (χ4v) is 6.60. The molecule has 234 valence electrons. The number of esters is 1. The second-order valence-electron chi connectivity index (χ2n) is 11.1. The van der Waals surface area contributed by atoms with Crippen molar-refractivity contribution >= 4 is 23.5 Å². The van der Waals surface area contributed by atoms with E-state index in [1.807, 2.05) is 37.3 Å². The third-order valence-corrected chi connectivity index (χ3v) is 9.03. The van der Waals surface area contributed by atoms with Gasteiger partial charge in [-0.2, -0.15) is 0 Å². The summed E-state index contributed by atoms with van der Waals surface area (Å²) in [6, 6.07) is 10.6. The molecule has 2 heterocycles. The molecule has 2 atom stereocenters. The van der Waals surface area contributed by atoms with Crippen molar-refractivity contribution in [1.82, 2.24) is 10.3 Å². The predicted molar refractivity (Wildman–Crippen MR) is 159 cm³/mol. The molecule has 1 fully saturated rings. The van der Waals surface area contributed by atoms with Gasteiger partial charge in [0.2, 0.25) is 0 Å². The van der Waals surface area contributed by atoms with Crippen molar-refractivity contribution in [2.45, 2.75) is 50.2 Å². The van der Waals surface area contributed by atoms with Gasteiger partial charge in [0.15, 0.2) is 11.4 Å². The van der Waals surface area contributed by atoms with Crippen LogP contribution in [0, 0.1) is 17.6 Å². The Labute approximate surface area is 258 Å². The number of hydrogen-bond acceptors (Lipinski definition) is 8. The topological polar surface area (TPSA) is 133 Å². The van der Waals surface area contributed by atoms with Crippen molar-refractivity contribution in [2.24, 2.45) is 11.7 Å². The van der Waals surface area contributed by atoms with E-state index in [4.69, 9.17) is 31.5 Å². The van der Waals surface area contributed by atoms with Gasteiger partial charge in [-0.3, -0.25) is 9.59 Å². The number of primary amides is 1. The Balaban J connectivity index is 1.59. The van der Waals surface area contributed by atoms with Crippen LogP contribution in [0.3, 0.4) is 0 Å². The molecule has 44 heavy (non-hydrogen) atoms. The SMILES string of the molecule is COC(=O)C1CCC(NC[C@]2(c3ccccc3)Oc3cc(F)c(Cl)c(-c4c(C(N)=O)cnc(OCCO)c4F)c3[C@@H]2C)CC1. The number of hydrogen-bond donors (Lipinski definition) is 3. The second-order valence-corrected chi connectivity index (χ2v) is 11.5. The highest BCUT2D eigenvalue weighted by Gasteiger charge is 2.50. The smallest absolute Gasteiger partial charge is 0.308 e. The third kappa shape index (κ3) is 5.71. The largest absolute Gasteiger partial charge is 0.480 e. The van der Waals surface area contributed by atoms with E-state index >= 15 is 8.78 Å². The van der Waals surface area contributed by atoms with Crippen molar-refractivity contribution < 1.29 is 37.7 Å². The van der Waals surface area contributed by atoms with Crippen molar-refractivity contribution in [3.8, 4) is 22.8 Å². The Morgan fingerprint density at radius 2 is 1.89 bits per heavy atom. The number of aliphatic hydroxyl groups is 1. The van der Waals surface area contributed by atoms with E-state index in [-0.39, 0.29) is 47.0 Å². The van der Waals surface area contributed by atoms with Crippen LogP contribution in [-0.4, -0.2) is 54.9 Å². The van der Waals surface area contributed by atoms with Crippen LogP contribution in [0.15, 0.2) is 42.6 Å². The summed E-state index contributed by atoms with van der Waals surface area (Å²) < 4.78 is 48.4. The van der Waals surface area contributed by atoms with Crippen molar-refractivity contribution in [3.63, 3.8) is 0 Å². The summed E-state index contributed by atoms with van der Waals surface area (Å²) in [4.78, 5) is 28.4. The lowest BCUT2D eigenvalue weighted by Gasteiger charge is -2.37. The monoisotopic (exact) mass is 629 g/mol. The zero-order valence-corrected chi connectivity index (χ0v) is 25.1. The molecule has 2 aliphatic rings. The first kappa shape index (κ1) is 31.6. The number of aliphatic hydroxyl groups excluding tert-OH is 1. The van der Waals surface area contributed by atoms with Crippen molar-refractivity contribution in [2.75, 3.05) is 26.9 Å². The standard InChI is InChI=1S/C32H34ClF2N3O6/c1-17-24-23(14-22(34)27(33)26(24)25-21(29(36)40)15-37-30(28(25)35)43-13-12-39)44-32(17,19-6-4-3-5-7-19)16-38-20-10-8-18(9-11-20)31(41)42-2/h3-7,14-15,17-18,20,38-39H,8-13,16H2,1-2H3,(H2,36,40)/t17-,18?,20?,32-/m0/s1. The minimum absolute atomic E-state index is 0.0844. The molecule has 0 unspecified atom stereocenters. The maximum atomic E-state index is 16.1. The number of nitrogens with two attached hydrogens (primary N) is 1. The minimum Gasteiger partial charge on any atom is -0.480 e. The number of methoxy groups -OCH3 is 1. The molecular formula is C32H34ClF2N3O6. The molecule has 2 aromatic carbocycles. The van der Waals surface area contributed by atoms with Crippen molar-refractivity contribution in [3.05, 3.63) is 75.9 Å². The molecule has 3 aromatic rings. The normalized spacial score (nSPS) is 22.6. The Hall–Kier alpha value is -3.80. The Morgan fingerprint density at radius 3 is 2.52 bits per heavy atom. The Kier molecular flexibility index (Phi) is 9.38. The maximum Gasteiger partial charge on any atom is 0.308 e. The first-order valence-electron chi connectivity index (χ1n) is 14.4. The third-order valence-electron chi connectivity index (χ3n) is 8.66.